The van der Waals surface area contributed by atoms with Crippen molar-refractivity contribution in [2.75, 3.05) is 5.32 Å². The van der Waals surface area contributed by atoms with Crippen molar-refractivity contribution < 1.29 is 4.39 Å². The van der Waals surface area contributed by atoms with Gasteiger partial charge in [-0.25, -0.2) is 9.37 Å². The van der Waals surface area contributed by atoms with Crippen LogP contribution in [0.3, 0.4) is 0 Å². The Bertz CT molecular complexity index is 794. The van der Waals surface area contributed by atoms with Gasteiger partial charge < -0.3 is 5.32 Å². The van der Waals surface area contributed by atoms with Crippen LogP contribution in [0.2, 0.25) is 0 Å². The maximum atomic E-state index is 13.2. The molecule has 0 amide bonds. The lowest BCUT2D eigenvalue weighted by Gasteiger charge is -2.05. The van der Waals surface area contributed by atoms with Gasteiger partial charge in [0, 0.05) is 5.69 Å². The molecule has 0 spiro atoms. The number of aromatic nitrogens is 1. The van der Waals surface area contributed by atoms with Crippen molar-refractivity contribution >= 4 is 32.4 Å². The van der Waals surface area contributed by atoms with Crippen LogP contribution in [0, 0.1) is 5.82 Å². The minimum Gasteiger partial charge on any atom is -0.332 e. The Morgan fingerprint density at radius 1 is 1.05 bits per heavy atom. The molecule has 2 nitrogen and oxygen atoms in total. The van der Waals surface area contributed by atoms with Crippen LogP contribution < -0.4 is 5.32 Å². The molecule has 100 valence electrons. The van der Waals surface area contributed by atoms with E-state index in [-0.39, 0.29) is 5.82 Å². The lowest BCUT2D eigenvalue weighted by atomic mass is 10.1. The van der Waals surface area contributed by atoms with Gasteiger partial charge in [-0.1, -0.05) is 17.4 Å². The number of anilines is 2. The first-order chi connectivity index (χ1) is 9.78. The van der Waals surface area contributed by atoms with E-state index in [9.17, 15) is 4.39 Å². The van der Waals surface area contributed by atoms with E-state index in [1.54, 1.807) is 6.07 Å². The molecule has 0 radical (unpaired) electrons. The summed E-state index contributed by atoms with van der Waals surface area (Å²) in [5.74, 6) is -0.217. The van der Waals surface area contributed by atoms with Gasteiger partial charge in [-0.05, 0) is 60.7 Å². The molecule has 2 aromatic carbocycles. The number of benzene rings is 2. The number of thiazole rings is 1. The van der Waals surface area contributed by atoms with E-state index in [0.29, 0.717) is 0 Å². The van der Waals surface area contributed by atoms with E-state index in [2.05, 4.69) is 28.5 Å². The average Bonchev–Trinajstić information content (AvgIpc) is 3.03. The Kier molecular flexibility index (Phi) is 2.70. The number of aryl methyl sites for hydroxylation is 2. The zero-order valence-electron chi connectivity index (χ0n) is 10.8. The van der Waals surface area contributed by atoms with Gasteiger partial charge in [0.05, 0.1) is 10.2 Å². The fourth-order valence-electron chi connectivity index (χ4n) is 2.72. The highest BCUT2D eigenvalue weighted by Gasteiger charge is 2.11. The first-order valence-electron chi connectivity index (χ1n) is 6.73. The van der Waals surface area contributed by atoms with Crippen molar-refractivity contribution in [3.8, 4) is 0 Å². The lowest BCUT2D eigenvalue weighted by molar-refractivity contribution is 0.630. The van der Waals surface area contributed by atoms with Crippen LogP contribution >= 0.6 is 11.3 Å². The topological polar surface area (TPSA) is 24.9 Å². The third-order valence-electron chi connectivity index (χ3n) is 3.70. The summed E-state index contributed by atoms with van der Waals surface area (Å²) >= 11 is 1.48. The van der Waals surface area contributed by atoms with Gasteiger partial charge in [-0.3, -0.25) is 0 Å². The Morgan fingerprint density at radius 2 is 1.95 bits per heavy atom. The van der Waals surface area contributed by atoms with Crippen molar-refractivity contribution in [3.05, 3.63) is 53.3 Å². The Balaban J connectivity index is 1.66. The predicted molar refractivity (Wildman–Crippen MR) is 81.3 cm³/mol. The molecule has 4 heteroatoms. The van der Waals surface area contributed by atoms with Crippen molar-refractivity contribution in [1.82, 2.24) is 4.98 Å². The summed E-state index contributed by atoms with van der Waals surface area (Å²) in [6.07, 6.45) is 3.60. The van der Waals surface area contributed by atoms with Gasteiger partial charge in [0.2, 0.25) is 0 Å². The van der Waals surface area contributed by atoms with Crippen LogP contribution in [-0.2, 0) is 12.8 Å². The molecule has 0 saturated heterocycles. The fraction of sp³-hybridized carbons (Fsp3) is 0.188. The van der Waals surface area contributed by atoms with Crippen molar-refractivity contribution in [2.45, 2.75) is 19.3 Å². The van der Waals surface area contributed by atoms with E-state index in [4.69, 9.17) is 0 Å². The maximum absolute atomic E-state index is 13.2. The Morgan fingerprint density at radius 3 is 2.90 bits per heavy atom. The molecular weight excluding hydrogens is 271 g/mol. The summed E-state index contributed by atoms with van der Waals surface area (Å²) in [6.45, 7) is 0. The van der Waals surface area contributed by atoms with Gasteiger partial charge in [0.25, 0.3) is 0 Å². The second-order valence-electron chi connectivity index (χ2n) is 5.09. The predicted octanol–water partition coefficient (Wildman–Crippen LogP) is 4.67. The van der Waals surface area contributed by atoms with Crippen LogP contribution in [0.1, 0.15) is 17.5 Å². The number of nitrogens with zero attached hydrogens (tertiary/aromatic N) is 1. The number of halogens is 1. The summed E-state index contributed by atoms with van der Waals surface area (Å²) in [6, 6.07) is 11.2. The van der Waals surface area contributed by atoms with E-state index >= 15 is 0 Å². The van der Waals surface area contributed by atoms with Gasteiger partial charge in [-0.2, -0.15) is 0 Å². The highest BCUT2D eigenvalue weighted by Crippen LogP contribution is 2.31. The third-order valence-corrected chi connectivity index (χ3v) is 4.63. The van der Waals surface area contributed by atoms with Crippen molar-refractivity contribution in [3.63, 3.8) is 0 Å². The van der Waals surface area contributed by atoms with Gasteiger partial charge >= 0.3 is 0 Å². The minimum absolute atomic E-state index is 0.217. The summed E-state index contributed by atoms with van der Waals surface area (Å²) in [4.78, 5) is 4.48. The molecule has 3 aromatic rings. The third kappa shape index (κ3) is 2.06. The molecule has 0 unspecified atom stereocenters. The molecule has 0 aliphatic heterocycles. The molecule has 4 rings (SSSR count). The summed E-state index contributed by atoms with van der Waals surface area (Å²) in [5, 5.41) is 4.14. The SMILES string of the molecule is Fc1ccc2nc(Nc3ccc4c(c3)CCC4)sc2c1. The van der Waals surface area contributed by atoms with E-state index in [1.807, 2.05) is 0 Å². The van der Waals surface area contributed by atoms with Gasteiger partial charge in [0.1, 0.15) is 5.82 Å². The van der Waals surface area contributed by atoms with E-state index < -0.39 is 0 Å². The van der Waals surface area contributed by atoms with E-state index in [0.717, 1.165) is 27.5 Å². The summed E-state index contributed by atoms with van der Waals surface area (Å²) < 4.78 is 14.1. The van der Waals surface area contributed by atoms with Crippen LogP contribution in [0.15, 0.2) is 36.4 Å². The zero-order valence-corrected chi connectivity index (χ0v) is 11.6. The monoisotopic (exact) mass is 284 g/mol. The summed E-state index contributed by atoms with van der Waals surface area (Å²) in [5.41, 5.74) is 4.79. The minimum atomic E-state index is -0.217. The second kappa shape index (κ2) is 4.56. The molecule has 0 atom stereocenters. The smallest absolute Gasteiger partial charge is 0.188 e. The molecule has 1 aliphatic rings. The van der Waals surface area contributed by atoms with Crippen molar-refractivity contribution in [1.29, 1.82) is 0 Å². The van der Waals surface area contributed by atoms with Crippen LogP contribution in [0.5, 0.6) is 0 Å². The largest absolute Gasteiger partial charge is 0.332 e. The molecule has 0 bridgehead atoms. The molecule has 0 saturated carbocycles. The lowest BCUT2D eigenvalue weighted by Crippen LogP contribution is -1.91. The quantitative estimate of drug-likeness (QED) is 0.740. The number of hydrogen-bond donors (Lipinski definition) is 1. The molecular formula is C16H13FN2S. The average molecular weight is 284 g/mol. The normalized spacial score (nSPS) is 13.7. The number of nitrogens with one attached hydrogen (secondary N) is 1. The van der Waals surface area contributed by atoms with Crippen LogP contribution in [-0.4, -0.2) is 4.98 Å². The molecule has 1 aliphatic carbocycles. The van der Waals surface area contributed by atoms with Crippen LogP contribution in [0.25, 0.3) is 10.2 Å². The Hall–Kier alpha value is -1.94. The highest BCUT2D eigenvalue weighted by molar-refractivity contribution is 7.22. The highest BCUT2D eigenvalue weighted by atomic mass is 32.1. The van der Waals surface area contributed by atoms with Gasteiger partial charge in [-0.15, -0.1) is 0 Å². The summed E-state index contributed by atoms with van der Waals surface area (Å²) in [7, 11) is 0. The first-order valence-corrected chi connectivity index (χ1v) is 7.54. The Labute approximate surface area is 120 Å². The maximum Gasteiger partial charge on any atom is 0.188 e. The number of hydrogen-bond acceptors (Lipinski definition) is 3. The molecule has 20 heavy (non-hydrogen) atoms. The first kappa shape index (κ1) is 11.9. The fourth-order valence-corrected chi connectivity index (χ4v) is 3.64. The van der Waals surface area contributed by atoms with Crippen LogP contribution in [0.4, 0.5) is 15.2 Å². The van der Waals surface area contributed by atoms with Gasteiger partial charge in [0.15, 0.2) is 5.13 Å². The second-order valence-corrected chi connectivity index (χ2v) is 6.12. The standard InChI is InChI=1S/C16H13FN2S/c17-12-5-7-14-15(9-12)20-16(19-14)18-13-6-4-10-2-1-3-11(10)8-13/h4-9H,1-3H2,(H,18,19). The molecule has 1 N–H and O–H groups in total. The molecule has 0 fully saturated rings. The number of fused-ring (bicyclic) bond motifs is 2. The molecule has 1 heterocycles. The van der Waals surface area contributed by atoms with E-state index in [1.165, 1.54) is 47.4 Å². The zero-order chi connectivity index (χ0) is 13.5. The number of rotatable bonds is 2. The molecule has 1 aromatic heterocycles. The van der Waals surface area contributed by atoms with Crippen molar-refractivity contribution in [2.24, 2.45) is 0 Å².